The number of nitrogens with zero attached hydrogens (tertiary/aromatic N) is 5. The SMILES string of the molecule is CCn1nccc1C(=O)N1CCCC1c1ncc(C)n1Cc1ccc(F)cc1. The number of carbonyl (C=O) groups excluding carboxylic acids is 1. The van der Waals surface area contributed by atoms with Gasteiger partial charge in [-0.1, -0.05) is 12.1 Å². The maximum atomic E-state index is 13.2. The number of aromatic nitrogens is 4. The van der Waals surface area contributed by atoms with Crippen molar-refractivity contribution in [1.29, 1.82) is 0 Å². The molecule has 2 aromatic heterocycles. The van der Waals surface area contributed by atoms with Gasteiger partial charge in [0, 0.05) is 37.7 Å². The molecule has 0 spiro atoms. The van der Waals surface area contributed by atoms with Gasteiger partial charge in [0.25, 0.3) is 5.91 Å². The van der Waals surface area contributed by atoms with Crippen molar-refractivity contribution in [2.45, 2.75) is 45.8 Å². The fourth-order valence-corrected chi connectivity index (χ4v) is 3.92. The summed E-state index contributed by atoms with van der Waals surface area (Å²) < 4.78 is 17.1. The molecule has 28 heavy (non-hydrogen) atoms. The summed E-state index contributed by atoms with van der Waals surface area (Å²) >= 11 is 0. The van der Waals surface area contributed by atoms with E-state index < -0.39 is 0 Å². The normalized spacial score (nSPS) is 16.7. The molecule has 3 heterocycles. The molecule has 3 aromatic rings. The molecule has 1 fully saturated rings. The van der Waals surface area contributed by atoms with Crippen LogP contribution in [0.4, 0.5) is 4.39 Å². The Bertz CT molecular complexity index is 975. The standard InChI is InChI=1S/C21H24FN5O/c1-3-27-19(10-11-24-27)21(28)25-12-4-5-18(25)20-23-13-15(2)26(20)14-16-6-8-17(22)9-7-16/h6-11,13,18H,3-5,12,14H2,1-2H3. The monoisotopic (exact) mass is 381 g/mol. The van der Waals surface area contributed by atoms with Crippen molar-refractivity contribution in [2.24, 2.45) is 0 Å². The first-order chi connectivity index (χ1) is 13.6. The lowest BCUT2D eigenvalue weighted by Crippen LogP contribution is -2.33. The third kappa shape index (κ3) is 3.32. The number of rotatable bonds is 5. The zero-order valence-corrected chi connectivity index (χ0v) is 16.2. The van der Waals surface area contributed by atoms with Crippen LogP contribution >= 0.6 is 0 Å². The lowest BCUT2D eigenvalue weighted by molar-refractivity contribution is 0.0715. The summed E-state index contributed by atoms with van der Waals surface area (Å²) in [6.45, 7) is 5.95. The van der Waals surface area contributed by atoms with Gasteiger partial charge in [-0.05, 0) is 50.5 Å². The van der Waals surface area contributed by atoms with E-state index in [2.05, 4.69) is 14.6 Å². The number of hydrogen-bond acceptors (Lipinski definition) is 3. The van der Waals surface area contributed by atoms with Gasteiger partial charge in [0.2, 0.25) is 0 Å². The van der Waals surface area contributed by atoms with Gasteiger partial charge >= 0.3 is 0 Å². The number of hydrogen-bond donors (Lipinski definition) is 0. The van der Waals surface area contributed by atoms with Crippen molar-refractivity contribution >= 4 is 5.91 Å². The second-order valence-corrected chi connectivity index (χ2v) is 7.16. The molecular formula is C21H24FN5O. The summed E-state index contributed by atoms with van der Waals surface area (Å²) in [5.41, 5.74) is 2.64. The quantitative estimate of drug-likeness (QED) is 0.679. The first-order valence-corrected chi connectivity index (χ1v) is 9.67. The highest BCUT2D eigenvalue weighted by Gasteiger charge is 2.34. The van der Waals surface area contributed by atoms with E-state index in [0.717, 1.165) is 29.9 Å². The molecule has 0 radical (unpaired) electrons. The Morgan fingerprint density at radius 1 is 1.25 bits per heavy atom. The lowest BCUT2D eigenvalue weighted by atomic mass is 10.1. The van der Waals surface area contributed by atoms with Crippen LogP contribution in [0.3, 0.4) is 0 Å². The third-order valence-corrected chi connectivity index (χ3v) is 5.39. The largest absolute Gasteiger partial charge is 0.327 e. The van der Waals surface area contributed by atoms with Crippen LogP contribution in [0, 0.1) is 12.7 Å². The summed E-state index contributed by atoms with van der Waals surface area (Å²) in [6, 6.07) is 8.22. The molecule has 1 aliphatic rings. The van der Waals surface area contributed by atoms with E-state index in [1.807, 2.05) is 24.9 Å². The number of aryl methyl sites for hydroxylation is 2. The molecule has 6 nitrogen and oxygen atoms in total. The molecule has 1 amide bonds. The van der Waals surface area contributed by atoms with Gasteiger partial charge in [0.05, 0.1) is 6.04 Å². The Balaban J connectivity index is 1.63. The molecule has 1 unspecified atom stereocenters. The molecule has 1 aliphatic heterocycles. The summed E-state index contributed by atoms with van der Waals surface area (Å²) in [5.74, 6) is 0.637. The Kier molecular flexibility index (Phi) is 4.98. The smallest absolute Gasteiger partial charge is 0.272 e. The van der Waals surface area contributed by atoms with E-state index >= 15 is 0 Å². The summed E-state index contributed by atoms with van der Waals surface area (Å²) in [5, 5.41) is 4.23. The van der Waals surface area contributed by atoms with Crippen LogP contribution in [0.25, 0.3) is 0 Å². The molecule has 0 saturated carbocycles. The minimum absolute atomic E-state index is 0.00386. The molecule has 0 N–H and O–H groups in total. The first kappa shape index (κ1) is 18.4. The minimum Gasteiger partial charge on any atom is -0.327 e. The topological polar surface area (TPSA) is 56.0 Å². The van der Waals surface area contributed by atoms with Gasteiger partial charge in [-0.15, -0.1) is 0 Å². The van der Waals surface area contributed by atoms with Crippen molar-refractivity contribution < 1.29 is 9.18 Å². The number of amides is 1. The van der Waals surface area contributed by atoms with Crippen molar-refractivity contribution in [3.05, 3.63) is 71.3 Å². The number of likely N-dealkylation sites (tertiary alicyclic amines) is 1. The third-order valence-electron chi connectivity index (χ3n) is 5.39. The summed E-state index contributed by atoms with van der Waals surface area (Å²) in [4.78, 5) is 19.7. The maximum Gasteiger partial charge on any atom is 0.272 e. The molecule has 0 bridgehead atoms. The van der Waals surface area contributed by atoms with Gasteiger partial charge in [-0.2, -0.15) is 5.10 Å². The van der Waals surface area contributed by atoms with Crippen LogP contribution in [-0.2, 0) is 13.1 Å². The highest BCUT2D eigenvalue weighted by Crippen LogP contribution is 2.33. The predicted molar refractivity (Wildman–Crippen MR) is 103 cm³/mol. The zero-order valence-electron chi connectivity index (χ0n) is 16.2. The first-order valence-electron chi connectivity index (χ1n) is 9.67. The molecule has 7 heteroatoms. The zero-order chi connectivity index (χ0) is 19.7. The molecular weight excluding hydrogens is 357 g/mol. The van der Waals surface area contributed by atoms with E-state index in [4.69, 9.17) is 0 Å². The van der Waals surface area contributed by atoms with Gasteiger partial charge in [-0.3, -0.25) is 9.48 Å². The average Bonchev–Trinajstić information content (AvgIpc) is 3.43. The second-order valence-electron chi connectivity index (χ2n) is 7.16. The van der Waals surface area contributed by atoms with E-state index in [1.165, 1.54) is 12.1 Å². The fraction of sp³-hybridized carbons (Fsp3) is 0.381. The molecule has 1 atom stereocenters. The predicted octanol–water partition coefficient (Wildman–Crippen LogP) is 3.57. The molecule has 0 aliphatic carbocycles. The average molecular weight is 381 g/mol. The number of halogens is 1. The minimum atomic E-state index is -0.244. The van der Waals surface area contributed by atoms with Crippen molar-refractivity contribution in [3.63, 3.8) is 0 Å². The van der Waals surface area contributed by atoms with Crippen LogP contribution in [0.1, 0.15) is 53.4 Å². The summed E-state index contributed by atoms with van der Waals surface area (Å²) in [6.07, 6.45) is 5.34. The second kappa shape index (κ2) is 7.58. The van der Waals surface area contributed by atoms with Crippen LogP contribution in [0.2, 0.25) is 0 Å². The maximum absolute atomic E-state index is 13.2. The van der Waals surface area contributed by atoms with Crippen molar-refractivity contribution in [3.8, 4) is 0 Å². The molecule has 146 valence electrons. The fourth-order valence-electron chi connectivity index (χ4n) is 3.92. The van der Waals surface area contributed by atoms with Crippen LogP contribution in [0.5, 0.6) is 0 Å². The number of carbonyl (C=O) groups is 1. The Morgan fingerprint density at radius 3 is 2.79 bits per heavy atom. The number of benzene rings is 1. The highest BCUT2D eigenvalue weighted by atomic mass is 19.1. The highest BCUT2D eigenvalue weighted by molar-refractivity contribution is 5.93. The molecule has 4 rings (SSSR count). The van der Waals surface area contributed by atoms with E-state index in [9.17, 15) is 9.18 Å². The van der Waals surface area contributed by atoms with Crippen molar-refractivity contribution in [2.75, 3.05) is 6.54 Å². The van der Waals surface area contributed by atoms with Gasteiger partial charge in [0.1, 0.15) is 17.3 Å². The van der Waals surface area contributed by atoms with Crippen LogP contribution in [-0.4, -0.2) is 36.7 Å². The van der Waals surface area contributed by atoms with Gasteiger partial charge in [0.15, 0.2) is 0 Å². The van der Waals surface area contributed by atoms with Gasteiger partial charge < -0.3 is 9.47 Å². The molecule has 1 saturated heterocycles. The van der Waals surface area contributed by atoms with E-state index in [-0.39, 0.29) is 17.8 Å². The summed E-state index contributed by atoms with van der Waals surface area (Å²) in [7, 11) is 0. The lowest BCUT2D eigenvalue weighted by Gasteiger charge is -2.25. The molecule has 1 aromatic carbocycles. The Hall–Kier alpha value is -2.96. The van der Waals surface area contributed by atoms with Crippen molar-refractivity contribution in [1.82, 2.24) is 24.2 Å². The Morgan fingerprint density at radius 2 is 2.04 bits per heavy atom. The Labute approximate surface area is 163 Å². The van der Waals surface area contributed by atoms with Crippen LogP contribution in [0.15, 0.2) is 42.7 Å². The van der Waals surface area contributed by atoms with E-state index in [0.29, 0.717) is 25.3 Å². The van der Waals surface area contributed by atoms with Crippen LogP contribution < -0.4 is 0 Å². The van der Waals surface area contributed by atoms with E-state index in [1.54, 1.807) is 29.1 Å². The van der Waals surface area contributed by atoms with Gasteiger partial charge in [-0.25, -0.2) is 9.37 Å². The number of imidazole rings is 1.